The lowest BCUT2D eigenvalue weighted by Gasteiger charge is -2.27. The molecular formula is C16H21N5O2. The second-order valence-electron chi connectivity index (χ2n) is 6.00. The predicted octanol–water partition coefficient (Wildman–Crippen LogP) is 2.00. The molecule has 3 rings (SSSR count). The predicted molar refractivity (Wildman–Crippen MR) is 86.5 cm³/mol. The highest BCUT2D eigenvalue weighted by Crippen LogP contribution is 2.29. The third kappa shape index (κ3) is 3.34. The van der Waals surface area contributed by atoms with Crippen molar-refractivity contribution >= 4 is 11.8 Å². The highest BCUT2D eigenvalue weighted by Gasteiger charge is 2.34. The molecule has 0 spiro atoms. The first kappa shape index (κ1) is 15.5. The van der Waals surface area contributed by atoms with Crippen LogP contribution in [0, 0.1) is 6.92 Å². The molecule has 122 valence electrons. The van der Waals surface area contributed by atoms with E-state index in [0.29, 0.717) is 11.6 Å². The largest absolute Gasteiger partial charge is 0.394 e. The standard InChI is InChI=1S/C16H21N5O2/c1-12-10-14(21(20-12)13-6-2-5-9-17-13)18-15(23)19-16(11-22)7-3-4-8-16/h2,5-6,9-10,22H,3-4,7-8,11H2,1H3,(H2,18,19,23). The SMILES string of the molecule is Cc1cc(NC(=O)NC2(CO)CCCC2)n(-c2ccccn2)n1. The molecule has 7 nitrogen and oxygen atoms in total. The molecule has 7 heteroatoms. The minimum Gasteiger partial charge on any atom is -0.394 e. The number of amides is 2. The Labute approximate surface area is 134 Å². The Kier molecular flexibility index (Phi) is 4.29. The number of aliphatic hydroxyl groups excluding tert-OH is 1. The number of urea groups is 1. The second kappa shape index (κ2) is 6.37. The molecule has 1 aliphatic rings. The number of nitrogens with one attached hydrogen (secondary N) is 2. The third-order valence-corrected chi connectivity index (χ3v) is 4.18. The first-order chi connectivity index (χ1) is 11.1. The molecule has 0 aliphatic heterocycles. The smallest absolute Gasteiger partial charge is 0.320 e. The zero-order valence-corrected chi connectivity index (χ0v) is 13.1. The fourth-order valence-electron chi connectivity index (χ4n) is 3.01. The van der Waals surface area contributed by atoms with E-state index >= 15 is 0 Å². The molecule has 23 heavy (non-hydrogen) atoms. The van der Waals surface area contributed by atoms with Crippen molar-refractivity contribution in [2.24, 2.45) is 0 Å². The topological polar surface area (TPSA) is 92.1 Å². The number of pyridine rings is 1. The highest BCUT2D eigenvalue weighted by molar-refractivity contribution is 5.89. The van der Waals surface area contributed by atoms with E-state index in [1.54, 1.807) is 16.9 Å². The van der Waals surface area contributed by atoms with Gasteiger partial charge >= 0.3 is 6.03 Å². The highest BCUT2D eigenvalue weighted by atomic mass is 16.3. The number of aliphatic hydroxyl groups is 1. The van der Waals surface area contributed by atoms with Crippen LogP contribution in [-0.4, -0.2) is 38.0 Å². The minimum atomic E-state index is -0.505. The van der Waals surface area contributed by atoms with Gasteiger partial charge in [-0.1, -0.05) is 18.9 Å². The van der Waals surface area contributed by atoms with Crippen molar-refractivity contribution in [2.45, 2.75) is 38.1 Å². The summed E-state index contributed by atoms with van der Waals surface area (Å²) in [6, 6.07) is 6.96. The summed E-state index contributed by atoms with van der Waals surface area (Å²) in [7, 11) is 0. The second-order valence-corrected chi connectivity index (χ2v) is 6.00. The van der Waals surface area contributed by atoms with Gasteiger partial charge in [0.2, 0.25) is 0 Å². The summed E-state index contributed by atoms with van der Waals surface area (Å²) < 4.78 is 1.59. The molecule has 0 saturated heterocycles. The van der Waals surface area contributed by atoms with Gasteiger partial charge in [0, 0.05) is 12.3 Å². The maximum atomic E-state index is 12.3. The molecule has 0 atom stereocenters. The Morgan fingerprint density at radius 1 is 1.39 bits per heavy atom. The van der Waals surface area contributed by atoms with Crippen LogP contribution >= 0.6 is 0 Å². The van der Waals surface area contributed by atoms with Crippen LogP contribution in [0.1, 0.15) is 31.4 Å². The number of hydrogen-bond acceptors (Lipinski definition) is 4. The zero-order chi connectivity index (χ0) is 16.3. The van der Waals surface area contributed by atoms with Crippen molar-refractivity contribution in [1.82, 2.24) is 20.1 Å². The zero-order valence-electron chi connectivity index (χ0n) is 13.1. The first-order valence-corrected chi connectivity index (χ1v) is 7.80. The molecule has 1 saturated carbocycles. The molecule has 1 aliphatic carbocycles. The molecule has 2 aromatic rings. The van der Waals surface area contributed by atoms with Crippen molar-refractivity contribution in [3.8, 4) is 5.82 Å². The van der Waals surface area contributed by atoms with Crippen LogP contribution in [0.25, 0.3) is 5.82 Å². The van der Waals surface area contributed by atoms with Gasteiger partial charge in [-0.15, -0.1) is 0 Å². The van der Waals surface area contributed by atoms with Crippen LogP contribution in [0.4, 0.5) is 10.6 Å². The lowest BCUT2D eigenvalue weighted by atomic mass is 9.99. The number of aromatic nitrogens is 3. The van der Waals surface area contributed by atoms with Crippen molar-refractivity contribution in [3.63, 3.8) is 0 Å². The molecule has 3 N–H and O–H groups in total. The van der Waals surface area contributed by atoms with Crippen LogP contribution in [0.15, 0.2) is 30.5 Å². The normalized spacial score (nSPS) is 16.3. The van der Waals surface area contributed by atoms with Gasteiger partial charge in [0.15, 0.2) is 5.82 Å². The average Bonchev–Trinajstić information content (AvgIpc) is 3.15. The molecule has 0 aromatic carbocycles. The molecule has 0 bridgehead atoms. The van der Waals surface area contributed by atoms with Crippen LogP contribution in [0.5, 0.6) is 0 Å². The Morgan fingerprint density at radius 3 is 2.83 bits per heavy atom. The molecule has 2 aromatic heterocycles. The van der Waals surface area contributed by atoms with Crippen molar-refractivity contribution in [2.75, 3.05) is 11.9 Å². The fourth-order valence-corrected chi connectivity index (χ4v) is 3.01. The molecule has 2 heterocycles. The van der Waals surface area contributed by atoms with Gasteiger partial charge < -0.3 is 10.4 Å². The van der Waals surface area contributed by atoms with Crippen molar-refractivity contribution in [1.29, 1.82) is 0 Å². The number of carbonyl (C=O) groups excluding carboxylic acids is 1. The summed E-state index contributed by atoms with van der Waals surface area (Å²) in [5.41, 5.74) is 0.276. The molecule has 1 fully saturated rings. The number of aryl methyl sites for hydroxylation is 1. The molecule has 0 unspecified atom stereocenters. The third-order valence-electron chi connectivity index (χ3n) is 4.18. The van der Waals surface area contributed by atoms with Gasteiger partial charge in [-0.3, -0.25) is 5.32 Å². The van der Waals surface area contributed by atoms with E-state index in [-0.39, 0.29) is 12.6 Å². The van der Waals surface area contributed by atoms with Gasteiger partial charge in [0.05, 0.1) is 17.8 Å². The lowest BCUT2D eigenvalue weighted by Crippen LogP contribution is -2.50. The number of nitrogens with zero attached hydrogens (tertiary/aromatic N) is 3. The lowest BCUT2D eigenvalue weighted by molar-refractivity contribution is 0.167. The van der Waals surface area contributed by atoms with Gasteiger partial charge in [-0.05, 0) is 31.9 Å². The first-order valence-electron chi connectivity index (χ1n) is 7.80. The van der Waals surface area contributed by atoms with Gasteiger partial charge in [-0.25, -0.2) is 9.78 Å². The fraction of sp³-hybridized carbons (Fsp3) is 0.438. The van der Waals surface area contributed by atoms with E-state index in [2.05, 4.69) is 20.7 Å². The van der Waals surface area contributed by atoms with Crippen LogP contribution in [0.3, 0.4) is 0 Å². The summed E-state index contributed by atoms with van der Waals surface area (Å²) in [5.74, 6) is 1.18. The van der Waals surface area contributed by atoms with Crippen molar-refractivity contribution in [3.05, 3.63) is 36.2 Å². The maximum Gasteiger partial charge on any atom is 0.320 e. The summed E-state index contributed by atoms with van der Waals surface area (Å²) >= 11 is 0. The molecule has 0 radical (unpaired) electrons. The van der Waals surface area contributed by atoms with Gasteiger partial charge in [-0.2, -0.15) is 9.78 Å². The minimum absolute atomic E-state index is 0.0427. The van der Waals surface area contributed by atoms with E-state index in [9.17, 15) is 9.90 Å². The number of carbonyl (C=O) groups is 1. The van der Waals surface area contributed by atoms with Gasteiger partial charge in [0.1, 0.15) is 5.82 Å². The maximum absolute atomic E-state index is 12.3. The Morgan fingerprint density at radius 2 is 2.17 bits per heavy atom. The Balaban J connectivity index is 1.77. The van der Waals surface area contributed by atoms with E-state index < -0.39 is 5.54 Å². The average molecular weight is 315 g/mol. The monoisotopic (exact) mass is 315 g/mol. The van der Waals surface area contributed by atoms with Crippen LogP contribution in [0.2, 0.25) is 0 Å². The number of anilines is 1. The summed E-state index contributed by atoms with van der Waals surface area (Å²) in [4.78, 5) is 16.6. The van der Waals surface area contributed by atoms with E-state index in [0.717, 1.165) is 31.4 Å². The van der Waals surface area contributed by atoms with Crippen LogP contribution < -0.4 is 10.6 Å². The summed E-state index contributed by atoms with van der Waals surface area (Å²) in [6.45, 7) is 1.81. The van der Waals surface area contributed by atoms with Gasteiger partial charge in [0.25, 0.3) is 0 Å². The summed E-state index contributed by atoms with van der Waals surface area (Å²) in [6.07, 6.45) is 5.32. The number of rotatable bonds is 4. The van der Waals surface area contributed by atoms with E-state index in [1.165, 1.54) is 0 Å². The molecule has 2 amide bonds. The van der Waals surface area contributed by atoms with E-state index in [4.69, 9.17) is 0 Å². The quantitative estimate of drug-likeness (QED) is 0.804. The van der Waals surface area contributed by atoms with Crippen LogP contribution in [-0.2, 0) is 0 Å². The Hall–Kier alpha value is -2.41. The van der Waals surface area contributed by atoms with Crippen molar-refractivity contribution < 1.29 is 9.90 Å². The Bertz CT molecular complexity index is 677. The number of hydrogen-bond donors (Lipinski definition) is 3. The van der Waals surface area contributed by atoms with E-state index in [1.807, 2.05) is 25.1 Å². The molecular weight excluding hydrogens is 294 g/mol. The summed E-state index contributed by atoms with van der Waals surface area (Å²) in [5, 5.41) is 19.7.